The standard InChI is InChI=1S/C16H25N3/c1-12(2)14-7-8-19(11-14)16-6-3-13(10-18-16)9-17-15-4-5-15/h3,6,10,12,14-15,17H,4-5,7-9,11H2,1-2H3. The van der Waals surface area contributed by atoms with Gasteiger partial charge in [0.2, 0.25) is 0 Å². The van der Waals surface area contributed by atoms with E-state index < -0.39 is 0 Å². The van der Waals surface area contributed by atoms with Gasteiger partial charge in [-0.15, -0.1) is 0 Å². The first kappa shape index (κ1) is 12.9. The van der Waals surface area contributed by atoms with Crippen LogP contribution in [0.2, 0.25) is 0 Å². The van der Waals surface area contributed by atoms with Crippen molar-refractivity contribution in [3.8, 4) is 0 Å². The molecule has 1 saturated carbocycles. The third-order valence-electron chi connectivity index (χ3n) is 4.47. The number of nitrogens with zero attached hydrogens (tertiary/aromatic N) is 2. The minimum atomic E-state index is 0.769. The molecule has 1 aromatic heterocycles. The van der Waals surface area contributed by atoms with Crippen molar-refractivity contribution < 1.29 is 0 Å². The molecule has 1 unspecified atom stereocenters. The molecular weight excluding hydrogens is 234 g/mol. The van der Waals surface area contributed by atoms with Gasteiger partial charge in [-0.3, -0.25) is 0 Å². The second kappa shape index (κ2) is 5.49. The van der Waals surface area contributed by atoms with Crippen molar-refractivity contribution in [2.24, 2.45) is 11.8 Å². The monoisotopic (exact) mass is 259 g/mol. The van der Waals surface area contributed by atoms with Gasteiger partial charge in [0.1, 0.15) is 5.82 Å². The van der Waals surface area contributed by atoms with E-state index in [4.69, 9.17) is 0 Å². The topological polar surface area (TPSA) is 28.2 Å². The molecule has 2 heterocycles. The summed E-state index contributed by atoms with van der Waals surface area (Å²) in [6.45, 7) is 7.95. The maximum Gasteiger partial charge on any atom is 0.128 e. The molecule has 1 atom stereocenters. The van der Waals surface area contributed by atoms with Gasteiger partial charge in [0.15, 0.2) is 0 Å². The molecule has 0 aromatic carbocycles. The summed E-state index contributed by atoms with van der Waals surface area (Å²) < 4.78 is 0. The minimum absolute atomic E-state index is 0.769. The Morgan fingerprint density at radius 2 is 2.16 bits per heavy atom. The van der Waals surface area contributed by atoms with Crippen LogP contribution in [0.25, 0.3) is 0 Å². The Morgan fingerprint density at radius 3 is 2.74 bits per heavy atom. The molecule has 1 aromatic rings. The van der Waals surface area contributed by atoms with Crippen molar-refractivity contribution in [2.45, 2.75) is 45.7 Å². The molecule has 1 saturated heterocycles. The van der Waals surface area contributed by atoms with E-state index in [0.29, 0.717) is 0 Å². The lowest BCUT2D eigenvalue weighted by molar-refractivity contribution is 0.422. The van der Waals surface area contributed by atoms with E-state index in [1.807, 2.05) is 6.20 Å². The van der Waals surface area contributed by atoms with Gasteiger partial charge < -0.3 is 10.2 Å². The molecule has 0 amide bonds. The highest BCUT2D eigenvalue weighted by atomic mass is 15.2. The molecule has 2 aliphatic rings. The first-order chi connectivity index (χ1) is 9.22. The maximum absolute atomic E-state index is 4.64. The maximum atomic E-state index is 4.64. The Balaban J connectivity index is 1.56. The van der Waals surface area contributed by atoms with Crippen molar-refractivity contribution in [3.63, 3.8) is 0 Å². The largest absolute Gasteiger partial charge is 0.356 e. The van der Waals surface area contributed by atoms with E-state index in [1.165, 1.54) is 31.4 Å². The van der Waals surface area contributed by atoms with Gasteiger partial charge in [0, 0.05) is 31.9 Å². The highest BCUT2D eigenvalue weighted by molar-refractivity contribution is 5.40. The van der Waals surface area contributed by atoms with E-state index in [2.05, 4.69) is 41.2 Å². The number of pyridine rings is 1. The average molecular weight is 259 g/mol. The van der Waals surface area contributed by atoms with Gasteiger partial charge in [-0.2, -0.15) is 0 Å². The first-order valence-electron chi connectivity index (χ1n) is 7.65. The minimum Gasteiger partial charge on any atom is -0.356 e. The molecule has 3 heteroatoms. The van der Waals surface area contributed by atoms with Crippen molar-refractivity contribution >= 4 is 5.82 Å². The number of hydrogen-bond acceptors (Lipinski definition) is 3. The van der Waals surface area contributed by atoms with Crippen LogP contribution in [-0.2, 0) is 6.54 Å². The predicted molar refractivity (Wildman–Crippen MR) is 79.3 cm³/mol. The molecule has 0 radical (unpaired) electrons. The van der Waals surface area contributed by atoms with Crippen LogP contribution in [0.4, 0.5) is 5.82 Å². The second-order valence-corrected chi connectivity index (χ2v) is 6.42. The SMILES string of the molecule is CC(C)C1CCN(c2ccc(CNC3CC3)cn2)C1. The Labute approximate surface area is 116 Å². The Morgan fingerprint density at radius 1 is 1.32 bits per heavy atom. The van der Waals surface area contributed by atoms with Crippen LogP contribution in [0.3, 0.4) is 0 Å². The van der Waals surface area contributed by atoms with Gasteiger partial charge in [0.25, 0.3) is 0 Å². The highest BCUT2D eigenvalue weighted by Gasteiger charge is 2.25. The number of hydrogen-bond donors (Lipinski definition) is 1. The fourth-order valence-corrected chi connectivity index (χ4v) is 2.80. The third kappa shape index (κ3) is 3.27. The lowest BCUT2D eigenvalue weighted by atomic mass is 9.95. The van der Waals surface area contributed by atoms with Gasteiger partial charge in [0.05, 0.1) is 0 Å². The van der Waals surface area contributed by atoms with E-state index in [0.717, 1.165) is 36.8 Å². The lowest BCUT2D eigenvalue weighted by Crippen LogP contribution is -2.22. The number of anilines is 1. The Bertz CT molecular complexity index is 409. The van der Waals surface area contributed by atoms with E-state index in [9.17, 15) is 0 Å². The summed E-state index contributed by atoms with van der Waals surface area (Å²) >= 11 is 0. The Kier molecular flexibility index (Phi) is 3.74. The molecule has 1 N–H and O–H groups in total. The van der Waals surface area contributed by atoms with Crippen molar-refractivity contribution in [3.05, 3.63) is 23.9 Å². The zero-order chi connectivity index (χ0) is 13.2. The number of nitrogens with one attached hydrogen (secondary N) is 1. The summed E-state index contributed by atoms with van der Waals surface area (Å²) in [4.78, 5) is 7.07. The van der Waals surface area contributed by atoms with E-state index >= 15 is 0 Å². The molecule has 3 rings (SSSR count). The van der Waals surface area contributed by atoms with Gasteiger partial charge in [-0.25, -0.2) is 4.98 Å². The lowest BCUT2D eigenvalue weighted by Gasteiger charge is -2.19. The van der Waals surface area contributed by atoms with Crippen LogP contribution in [-0.4, -0.2) is 24.1 Å². The average Bonchev–Trinajstić information content (AvgIpc) is 3.11. The summed E-state index contributed by atoms with van der Waals surface area (Å²) in [6, 6.07) is 5.18. The molecule has 1 aliphatic carbocycles. The summed E-state index contributed by atoms with van der Waals surface area (Å²) in [5.74, 6) is 2.77. The normalized spacial score (nSPS) is 23.3. The van der Waals surface area contributed by atoms with Gasteiger partial charge in [-0.1, -0.05) is 19.9 Å². The molecule has 0 spiro atoms. The van der Waals surface area contributed by atoms with Crippen LogP contribution < -0.4 is 10.2 Å². The van der Waals surface area contributed by atoms with Gasteiger partial charge in [-0.05, 0) is 42.7 Å². The molecule has 0 bridgehead atoms. The van der Waals surface area contributed by atoms with Crippen LogP contribution in [0.15, 0.2) is 18.3 Å². The number of aromatic nitrogens is 1. The quantitative estimate of drug-likeness (QED) is 0.881. The summed E-state index contributed by atoms with van der Waals surface area (Å²) in [5, 5.41) is 3.53. The highest BCUT2D eigenvalue weighted by Crippen LogP contribution is 2.27. The van der Waals surface area contributed by atoms with Crippen molar-refractivity contribution in [1.82, 2.24) is 10.3 Å². The second-order valence-electron chi connectivity index (χ2n) is 6.42. The molecule has 19 heavy (non-hydrogen) atoms. The first-order valence-corrected chi connectivity index (χ1v) is 7.65. The van der Waals surface area contributed by atoms with Gasteiger partial charge >= 0.3 is 0 Å². The third-order valence-corrected chi connectivity index (χ3v) is 4.47. The molecular formula is C16H25N3. The van der Waals surface area contributed by atoms with E-state index in [1.54, 1.807) is 0 Å². The summed E-state index contributed by atoms with van der Waals surface area (Å²) in [6.07, 6.45) is 6.03. The fourth-order valence-electron chi connectivity index (χ4n) is 2.80. The molecule has 1 aliphatic heterocycles. The van der Waals surface area contributed by atoms with Crippen LogP contribution in [0.5, 0.6) is 0 Å². The Hall–Kier alpha value is -1.09. The zero-order valence-corrected chi connectivity index (χ0v) is 12.1. The summed E-state index contributed by atoms with van der Waals surface area (Å²) in [5.41, 5.74) is 1.30. The molecule has 2 fully saturated rings. The summed E-state index contributed by atoms with van der Waals surface area (Å²) in [7, 11) is 0. The van der Waals surface area contributed by atoms with E-state index in [-0.39, 0.29) is 0 Å². The van der Waals surface area contributed by atoms with Crippen molar-refractivity contribution in [1.29, 1.82) is 0 Å². The zero-order valence-electron chi connectivity index (χ0n) is 12.1. The van der Waals surface area contributed by atoms with Crippen LogP contribution in [0, 0.1) is 11.8 Å². The predicted octanol–water partition coefficient (Wildman–Crippen LogP) is 2.82. The smallest absolute Gasteiger partial charge is 0.128 e. The fraction of sp³-hybridized carbons (Fsp3) is 0.688. The van der Waals surface area contributed by atoms with Crippen molar-refractivity contribution in [2.75, 3.05) is 18.0 Å². The molecule has 3 nitrogen and oxygen atoms in total. The number of rotatable bonds is 5. The van der Waals surface area contributed by atoms with Crippen LogP contribution >= 0.6 is 0 Å². The van der Waals surface area contributed by atoms with Crippen LogP contribution in [0.1, 0.15) is 38.7 Å². The molecule has 104 valence electrons.